The molecule has 0 bridgehead atoms. The fraction of sp³-hybridized carbons (Fsp3) is 0.263. The zero-order chi connectivity index (χ0) is 17.8. The maximum atomic E-state index is 6.27. The molecule has 0 aliphatic carbocycles. The number of aryl methyl sites for hydroxylation is 1. The van der Waals surface area contributed by atoms with E-state index in [1.54, 1.807) is 7.05 Å². The first-order valence-electron chi connectivity index (χ1n) is 8.23. The number of hydrogen-bond acceptors (Lipinski definition) is 2. The van der Waals surface area contributed by atoms with Crippen LogP contribution in [0.15, 0.2) is 53.7 Å². The van der Waals surface area contributed by atoms with Gasteiger partial charge in [0.05, 0.1) is 18.3 Å². The third-order valence-corrected chi connectivity index (χ3v) is 4.48. The van der Waals surface area contributed by atoms with Crippen molar-refractivity contribution < 1.29 is 0 Å². The van der Waals surface area contributed by atoms with Gasteiger partial charge in [0.15, 0.2) is 5.96 Å². The maximum absolute atomic E-state index is 6.27. The van der Waals surface area contributed by atoms with Crippen LogP contribution in [0.25, 0.3) is 5.65 Å². The second-order valence-electron chi connectivity index (χ2n) is 5.94. The van der Waals surface area contributed by atoms with Gasteiger partial charge in [-0.25, -0.2) is 4.98 Å². The lowest BCUT2D eigenvalue weighted by molar-refractivity contribution is 0.683. The van der Waals surface area contributed by atoms with Gasteiger partial charge in [0, 0.05) is 24.0 Å². The molecule has 0 aliphatic heterocycles. The molecule has 6 heteroatoms. The van der Waals surface area contributed by atoms with E-state index < -0.39 is 0 Å². The average molecular weight is 356 g/mol. The Labute approximate surface area is 152 Å². The zero-order valence-electron chi connectivity index (χ0n) is 14.6. The first kappa shape index (κ1) is 17.3. The van der Waals surface area contributed by atoms with Crippen LogP contribution in [0.5, 0.6) is 0 Å². The molecule has 1 unspecified atom stereocenters. The highest BCUT2D eigenvalue weighted by Gasteiger charge is 2.11. The molecule has 130 valence electrons. The number of aliphatic imine (C=N–C) groups is 1. The molecule has 3 rings (SSSR count). The molecule has 0 amide bonds. The van der Waals surface area contributed by atoms with E-state index in [0.717, 1.165) is 27.6 Å². The Bertz CT molecular complexity index is 900. The van der Waals surface area contributed by atoms with Gasteiger partial charge in [0.2, 0.25) is 0 Å². The van der Waals surface area contributed by atoms with Gasteiger partial charge in [-0.3, -0.25) is 4.99 Å². The molecule has 0 spiro atoms. The van der Waals surface area contributed by atoms with E-state index in [-0.39, 0.29) is 6.04 Å². The van der Waals surface area contributed by atoms with E-state index in [1.807, 2.05) is 42.6 Å². The van der Waals surface area contributed by atoms with Gasteiger partial charge in [-0.2, -0.15) is 0 Å². The Morgan fingerprint density at radius 3 is 2.76 bits per heavy atom. The van der Waals surface area contributed by atoms with Crippen LogP contribution >= 0.6 is 11.6 Å². The quantitative estimate of drug-likeness (QED) is 0.554. The van der Waals surface area contributed by atoms with Gasteiger partial charge < -0.3 is 15.0 Å². The van der Waals surface area contributed by atoms with Crippen LogP contribution in [0.3, 0.4) is 0 Å². The number of imidazole rings is 1. The minimum atomic E-state index is 0.0446. The first-order chi connectivity index (χ1) is 12.1. The van der Waals surface area contributed by atoms with Crippen molar-refractivity contribution in [3.8, 4) is 0 Å². The summed E-state index contributed by atoms with van der Waals surface area (Å²) in [4.78, 5) is 8.91. The van der Waals surface area contributed by atoms with Crippen molar-refractivity contribution in [2.75, 3.05) is 7.05 Å². The zero-order valence-corrected chi connectivity index (χ0v) is 15.4. The average Bonchev–Trinajstić information content (AvgIpc) is 3.03. The van der Waals surface area contributed by atoms with E-state index >= 15 is 0 Å². The monoisotopic (exact) mass is 355 g/mol. The number of rotatable bonds is 4. The third-order valence-electron chi connectivity index (χ3n) is 4.13. The summed E-state index contributed by atoms with van der Waals surface area (Å²) in [6.07, 6.45) is 2.04. The van der Waals surface area contributed by atoms with E-state index in [0.29, 0.717) is 12.5 Å². The number of aromatic nitrogens is 2. The van der Waals surface area contributed by atoms with E-state index in [2.05, 4.69) is 44.9 Å². The number of nitrogens with one attached hydrogen (secondary N) is 2. The summed E-state index contributed by atoms with van der Waals surface area (Å²) in [5.41, 5.74) is 4.10. The standard InChI is InChI=1S/C19H22ClN5/c1-13-7-6-10-18-24-15(12-25(13)18)11-22-19(21-3)23-14(2)16-8-4-5-9-17(16)20/h4-10,12,14H,11H2,1-3H3,(H2,21,22,23). The summed E-state index contributed by atoms with van der Waals surface area (Å²) in [5.74, 6) is 0.709. The number of pyridine rings is 1. The maximum Gasteiger partial charge on any atom is 0.191 e. The number of fused-ring (bicyclic) bond motifs is 1. The molecule has 1 atom stereocenters. The summed E-state index contributed by atoms with van der Waals surface area (Å²) in [5, 5.41) is 7.41. The molecule has 0 saturated carbocycles. The molecule has 25 heavy (non-hydrogen) atoms. The molecule has 3 aromatic rings. The van der Waals surface area contributed by atoms with Crippen molar-refractivity contribution in [2.45, 2.75) is 26.4 Å². The lowest BCUT2D eigenvalue weighted by Gasteiger charge is -2.18. The molecule has 0 radical (unpaired) electrons. The molecule has 2 N–H and O–H groups in total. The van der Waals surface area contributed by atoms with Gasteiger partial charge in [0.25, 0.3) is 0 Å². The van der Waals surface area contributed by atoms with Gasteiger partial charge in [-0.1, -0.05) is 35.9 Å². The number of halogens is 1. The van der Waals surface area contributed by atoms with Crippen molar-refractivity contribution in [3.05, 3.63) is 70.6 Å². The number of guanidine groups is 1. The largest absolute Gasteiger partial charge is 0.351 e. The minimum absolute atomic E-state index is 0.0446. The smallest absolute Gasteiger partial charge is 0.191 e. The van der Waals surface area contributed by atoms with E-state index in [4.69, 9.17) is 11.6 Å². The van der Waals surface area contributed by atoms with Crippen molar-refractivity contribution in [1.29, 1.82) is 0 Å². The Balaban J connectivity index is 1.66. The molecular formula is C19H22ClN5. The predicted octanol–water partition coefficient (Wildman–Crippen LogP) is 3.72. The summed E-state index contributed by atoms with van der Waals surface area (Å²) in [6.45, 7) is 4.72. The molecule has 0 saturated heterocycles. The minimum Gasteiger partial charge on any atom is -0.351 e. The van der Waals surface area contributed by atoms with Crippen LogP contribution in [0.4, 0.5) is 0 Å². The van der Waals surface area contributed by atoms with Gasteiger partial charge in [-0.15, -0.1) is 0 Å². The normalized spacial score (nSPS) is 13.0. The van der Waals surface area contributed by atoms with Crippen LogP contribution in [-0.2, 0) is 6.54 Å². The Morgan fingerprint density at radius 2 is 2.04 bits per heavy atom. The fourth-order valence-corrected chi connectivity index (χ4v) is 3.06. The van der Waals surface area contributed by atoms with Crippen molar-refractivity contribution >= 4 is 23.2 Å². The van der Waals surface area contributed by atoms with Crippen molar-refractivity contribution in [1.82, 2.24) is 20.0 Å². The molecule has 1 aromatic carbocycles. The lowest BCUT2D eigenvalue weighted by atomic mass is 10.1. The highest BCUT2D eigenvalue weighted by molar-refractivity contribution is 6.31. The first-order valence-corrected chi connectivity index (χ1v) is 8.61. The molecule has 2 aromatic heterocycles. The van der Waals surface area contributed by atoms with E-state index in [1.165, 1.54) is 0 Å². The molecule has 2 heterocycles. The van der Waals surface area contributed by atoms with E-state index in [9.17, 15) is 0 Å². The van der Waals surface area contributed by atoms with Crippen LogP contribution < -0.4 is 10.6 Å². The highest BCUT2D eigenvalue weighted by Crippen LogP contribution is 2.21. The Kier molecular flexibility index (Phi) is 5.24. The van der Waals surface area contributed by atoms with Gasteiger partial charge >= 0.3 is 0 Å². The highest BCUT2D eigenvalue weighted by atomic mass is 35.5. The molecular weight excluding hydrogens is 334 g/mol. The summed E-state index contributed by atoms with van der Waals surface area (Å²) in [7, 11) is 1.75. The van der Waals surface area contributed by atoms with Gasteiger partial charge in [0.1, 0.15) is 5.65 Å². The predicted molar refractivity (Wildman–Crippen MR) is 103 cm³/mol. The topological polar surface area (TPSA) is 53.7 Å². The number of hydrogen-bond donors (Lipinski definition) is 2. The Morgan fingerprint density at radius 1 is 1.24 bits per heavy atom. The fourth-order valence-electron chi connectivity index (χ4n) is 2.76. The van der Waals surface area contributed by atoms with Crippen LogP contribution in [0, 0.1) is 6.92 Å². The molecule has 0 aliphatic rings. The van der Waals surface area contributed by atoms with Crippen molar-refractivity contribution in [2.24, 2.45) is 4.99 Å². The van der Waals surface area contributed by atoms with Crippen LogP contribution in [-0.4, -0.2) is 22.4 Å². The van der Waals surface area contributed by atoms with Crippen LogP contribution in [0.1, 0.15) is 29.9 Å². The summed E-state index contributed by atoms with van der Waals surface area (Å²) in [6, 6.07) is 13.9. The summed E-state index contributed by atoms with van der Waals surface area (Å²) >= 11 is 6.27. The molecule has 5 nitrogen and oxygen atoms in total. The lowest BCUT2D eigenvalue weighted by Crippen LogP contribution is -2.38. The second-order valence-corrected chi connectivity index (χ2v) is 6.35. The SMILES string of the molecule is CN=C(NCc1cn2c(C)cccc2n1)NC(C)c1ccccc1Cl. The number of benzene rings is 1. The second kappa shape index (κ2) is 7.57. The Hall–Kier alpha value is -2.53. The van der Waals surface area contributed by atoms with Crippen molar-refractivity contribution in [3.63, 3.8) is 0 Å². The van der Waals surface area contributed by atoms with Crippen LogP contribution in [0.2, 0.25) is 5.02 Å². The van der Waals surface area contributed by atoms with Gasteiger partial charge in [-0.05, 0) is 37.6 Å². The number of nitrogens with zero attached hydrogens (tertiary/aromatic N) is 3. The molecule has 0 fully saturated rings. The third kappa shape index (κ3) is 3.94. The summed E-state index contributed by atoms with van der Waals surface area (Å²) < 4.78 is 2.08.